The number of benzene rings is 1. The highest BCUT2D eigenvalue weighted by atomic mass is 35.5. The lowest BCUT2D eigenvalue weighted by Crippen LogP contribution is -2.37. The number of carbonyl (C=O) groups excluding carboxylic acids is 2. The molecule has 1 amide bonds. The number of halogens is 2. The van der Waals surface area contributed by atoms with Crippen LogP contribution in [-0.4, -0.2) is 31.1 Å². The largest absolute Gasteiger partial charge is 0.494 e. The van der Waals surface area contributed by atoms with Gasteiger partial charge < -0.3 is 14.8 Å². The van der Waals surface area contributed by atoms with Crippen molar-refractivity contribution >= 4 is 35.1 Å². The summed E-state index contributed by atoms with van der Waals surface area (Å²) in [6.07, 6.45) is 1.06. The predicted octanol–water partition coefficient (Wildman–Crippen LogP) is 2.83. The molecule has 1 aromatic carbocycles. The molecule has 1 N–H and O–H groups in total. The van der Waals surface area contributed by atoms with E-state index in [1.165, 1.54) is 26.2 Å². The molecule has 5 nitrogen and oxygen atoms in total. The van der Waals surface area contributed by atoms with Crippen LogP contribution in [0.25, 0.3) is 0 Å². The maximum absolute atomic E-state index is 12.0. The lowest BCUT2D eigenvalue weighted by atomic mass is 10.2. The number of hydrogen-bond acceptors (Lipinski definition) is 4. The summed E-state index contributed by atoms with van der Waals surface area (Å²) >= 11 is 11.9. The van der Waals surface area contributed by atoms with Gasteiger partial charge in [-0.25, -0.2) is 4.79 Å². The van der Waals surface area contributed by atoms with E-state index in [0.717, 1.165) is 12.8 Å². The molecule has 0 heterocycles. The molecule has 7 heteroatoms. The fraction of sp³-hybridized carbons (Fsp3) is 0.429. The molecule has 114 valence electrons. The zero-order valence-electron chi connectivity index (χ0n) is 11.6. The van der Waals surface area contributed by atoms with Crippen molar-refractivity contribution in [3.8, 4) is 5.75 Å². The minimum absolute atomic E-state index is 0.164. The summed E-state index contributed by atoms with van der Waals surface area (Å²) in [4.78, 5) is 23.7. The first kappa shape index (κ1) is 15.9. The highest BCUT2D eigenvalue weighted by molar-refractivity contribution is 6.37. The number of methoxy groups -OCH3 is 1. The molecule has 1 aliphatic rings. The maximum Gasteiger partial charge on any atom is 0.339 e. The van der Waals surface area contributed by atoms with Crippen LogP contribution in [0.3, 0.4) is 0 Å². The second-order valence-electron chi connectivity index (χ2n) is 4.80. The first-order chi connectivity index (χ1) is 9.92. The Balaban J connectivity index is 2.04. The number of ether oxygens (including phenoxy) is 2. The summed E-state index contributed by atoms with van der Waals surface area (Å²) in [6, 6.07) is 2.99. The van der Waals surface area contributed by atoms with Crippen LogP contribution in [0, 0.1) is 0 Å². The third kappa shape index (κ3) is 4.02. The molecule has 0 aromatic heterocycles. The van der Waals surface area contributed by atoms with E-state index in [4.69, 9.17) is 32.7 Å². The third-order valence-corrected chi connectivity index (χ3v) is 3.58. The summed E-state index contributed by atoms with van der Waals surface area (Å²) in [5.74, 6) is -0.689. The van der Waals surface area contributed by atoms with Crippen LogP contribution in [0.15, 0.2) is 12.1 Å². The van der Waals surface area contributed by atoms with Crippen LogP contribution >= 0.6 is 23.2 Å². The summed E-state index contributed by atoms with van der Waals surface area (Å²) in [5, 5.41) is 3.17. The average Bonchev–Trinajstić information content (AvgIpc) is 3.22. The predicted molar refractivity (Wildman–Crippen MR) is 79.1 cm³/mol. The summed E-state index contributed by atoms with van der Waals surface area (Å²) in [7, 11) is 1.43. The van der Waals surface area contributed by atoms with Crippen molar-refractivity contribution in [2.24, 2.45) is 0 Å². The van der Waals surface area contributed by atoms with Crippen molar-refractivity contribution in [3.63, 3.8) is 0 Å². The highest BCUT2D eigenvalue weighted by Crippen LogP contribution is 2.34. The Morgan fingerprint density at radius 2 is 1.86 bits per heavy atom. The number of carbonyl (C=O) groups is 2. The van der Waals surface area contributed by atoms with E-state index in [1.54, 1.807) is 0 Å². The Hall–Kier alpha value is -1.46. The lowest BCUT2D eigenvalue weighted by Gasteiger charge is -2.14. The minimum Gasteiger partial charge on any atom is -0.494 e. The average molecular weight is 332 g/mol. The zero-order chi connectivity index (χ0) is 15.6. The van der Waals surface area contributed by atoms with Crippen molar-refractivity contribution in [3.05, 3.63) is 27.7 Å². The Morgan fingerprint density at radius 3 is 2.33 bits per heavy atom. The number of esters is 1. The van der Waals surface area contributed by atoms with Gasteiger partial charge in [0.1, 0.15) is 0 Å². The number of nitrogens with one attached hydrogen (secondary N) is 1. The normalized spacial score (nSPS) is 15.2. The molecule has 0 radical (unpaired) electrons. The molecule has 0 bridgehead atoms. The standard InChI is InChI=1S/C14H15Cl2NO4/c1-7(13(18)17-9-3-4-9)21-14(19)8-5-10(15)12(20-2)11(16)6-8/h5-7,9H,3-4H2,1-2H3,(H,17,18)/t7-/m1/s1. The molecule has 0 unspecified atom stereocenters. The topological polar surface area (TPSA) is 64.6 Å². The van der Waals surface area contributed by atoms with Crippen LogP contribution in [0.1, 0.15) is 30.1 Å². The zero-order valence-corrected chi connectivity index (χ0v) is 13.1. The van der Waals surface area contributed by atoms with Crippen molar-refractivity contribution < 1.29 is 19.1 Å². The molecule has 0 saturated heterocycles. The third-order valence-electron chi connectivity index (χ3n) is 3.01. The second kappa shape index (κ2) is 6.54. The maximum atomic E-state index is 12.0. The molecule has 1 aromatic rings. The van der Waals surface area contributed by atoms with Gasteiger partial charge in [-0.15, -0.1) is 0 Å². The van der Waals surface area contributed by atoms with E-state index in [1.807, 2.05) is 0 Å². The summed E-state index contributed by atoms with van der Waals surface area (Å²) in [6.45, 7) is 1.52. The Morgan fingerprint density at radius 1 is 1.29 bits per heavy atom. The number of hydrogen-bond donors (Lipinski definition) is 1. The number of amides is 1. The minimum atomic E-state index is -0.877. The molecule has 1 fully saturated rings. The summed E-state index contributed by atoms with van der Waals surface area (Å²) in [5.41, 5.74) is 0.164. The van der Waals surface area contributed by atoms with Gasteiger partial charge in [0.2, 0.25) is 0 Å². The van der Waals surface area contributed by atoms with Gasteiger partial charge >= 0.3 is 5.97 Å². The van der Waals surface area contributed by atoms with E-state index < -0.39 is 12.1 Å². The van der Waals surface area contributed by atoms with E-state index in [-0.39, 0.29) is 33.3 Å². The van der Waals surface area contributed by atoms with Gasteiger partial charge in [-0.3, -0.25) is 4.79 Å². The van der Waals surface area contributed by atoms with Crippen LogP contribution in [0.2, 0.25) is 10.0 Å². The van der Waals surface area contributed by atoms with Crippen LogP contribution < -0.4 is 10.1 Å². The molecule has 21 heavy (non-hydrogen) atoms. The van der Waals surface area contributed by atoms with E-state index in [2.05, 4.69) is 5.32 Å². The Bertz CT molecular complexity index is 549. The first-order valence-corrected chi connectivity index (χ1v) is 7.22. The fourth-order valence-electron chi connectivity index (χ4n) is 1.70. The first-order valence-electron chi connectivity index (χ1n) is 6.46. The Kier molecular flexibility index (Phi) is 4.96. The van der Waals surface area contributed by atoms with Gasteiger partial charge in [0.15, 0.2) is 11.9 Å². The van der Waals surface area contributed by atoms with E-state index in [9.17, 15) is 9.59 Å². The van der Waals surface area contributed by atoms with Crippen LogP contribution in [-0.2, 0) is 9.53 Å². The van der Waals surface area contributed by atoms with Crippen molar-refractivity contribution in [1.82, 2.24) is 5.32 Å². The van der Waals surface area contributed by atoms with Crippen molar-refractivity contribution in [1.29, 1.82) is 0 Å². The van der Waals surface area contributed by atoms with Crippen LogP contribution in [0.4, 0.5) is 0 Å². The molecular formula is C14H15Cl2NO4. The smallest absolute Gasteiger partial charge is 0.339 e. The molecule has 2 rings (SSSR count). The molecule has 0 spiro atoms. The van der Waals surface area contributed by atoms with E-state index >= 15 is 0 Å². The van der Waals surface area contributed by atoms with E-state index in [0.29, 0.717) is 0 Å². The molecule has 1 atom stereocenters. The van der Waals surface area contributed by atoms with Gasteiger partial charge in [-0.05, 0) is 31.9 Å². The molecule has 1 aliphatic carbocycles. The van der Waals surface area contributed by atoms with Gasteiger partial charge in [0, 0.05) is 6.04 Å². The van der Waals surface area contributed by atoms with Gasteiger partial charge in [-0.2, -0.15) is 0 Å². The number of rotatable bonds is 5. The van der Waals surface area contributed by atoms with Crippen molar-refractivity contribution in [2.45, 2.75) is 31.9 Å². The van der Waals surface area contributed by atoms with Gasteiger partial charge in [0.25, 0.3) is 5.91 Å². The molecule has 0 aliphatic heterocycles. The molecular weight excluding hydrogens is 317 g/mol. The molecule has 1 saturated carbocycles. The van der Waals surface area contributed by atoms with Crippen LogP contribution in [0.5, 0.6) is 5.75 Å². The fourth-order valence-corrected chi connectivity index (χ4v) is 2.34. The monoisotopic (exact) mass is 331 g/mol. The summed E-state index contributed by atoms with van der Waals surface area (Å²) < 4.78 is 10.1. The Labute approximate surface area is 132 Å². The van der Waals surface area contributed by atoms with Gasteiger partial charge in [0.05, 0.1) is 22.7 Å². The SMILES string of the molecule is COc1c(Cl)cc(C(=O)O[C@H](C)C(=O)NC2CC2)cc1Cl. The second-order valence-corrected chi connectivity index (χ2v) is 5.62. The quantitative estimate of drug-likeness (QED) is 0.842. The van der Waals surface area contributed by atoms with Crippen molar-refractivity contribution in [2.75, 3.05) is 7.11 Å². The van der Waals surface area contributed by atoms with Gasteiger partial charge in [-0.1, -0.05) is 23.2 Å². The lowest BCUT2D eigenvalue weighted by molar-refractivity contribution is -0.129. The highest BCUT2D eigenvalue weighted by Gasteiger charge is 2.27.